The normalized spacial score (nSPS) is 17.4. The first kappa shape index (κ1) is 16.1. The van der Waals surface area contributed by atoms with E-state index in [1.165, 1.54) is 0 Å². The standard InChI is InChI=1S/C18H12Cl2N2O3/c19-12-3-6-15-14(8-12)21-18(25-15)10-1-4-13(5-2-10)22-9-11(17(20)24)7-16(22)23/h1-6,8,11H,7,9H2/t11-/m1/s1. The highest BCUT2D eigenvalue weighted by atomic mass is 35.5. The number of anilines is 1. The number of hydrogen-bond donors (Lipinski definition) is 0. The second kappa shape index (κ2) is 6.17. The largest absolute Gasteiger partial charge is 0.436 e. The van der Waals surface area contributed by atoms with Gasteiger partial charge in [0, 0.05) is 29.2 Å². The molecule has 1 aromatic heterocycles. The molecule has 0 radical (unpaired) electrons. The average Bonchev–Trinajstić information content (AvgIpc) is 3.18. The molecule has 1 amide bonds. The molecule has 1 atom stereocenters. The van der Waals surface area contributed by atoms with Crippen LogP contribution in [0.5, 0.6) is 0 Å². The molecule has 1 fully saturated rings. The van der Waals surface area contributed by atoms with Crippen molar-refractivity contribution in [2.24, 2.45) is 5.92 Å². The molecular weight excluding hydrogens is 363 g/mol. The third-order valence-corrected chi connectivity index (χ3v) is 4.77. The van der Waals surface area contributed by atoms with Gasteiger partial charge in [0.1, 0.15) is 5.52 Å². The zero-order chi connectivity index (χ0) is 17.6. The minimum absolute atomic E-state index is 0.108. The van der Waals surface area contributed by atoms with Crippen molar-refractivity contribution in [3.05, 3.63) is 47.5 Å². The number of halogens is 2. The van der Waals surface area contributed by atoms with E-state index in [4.69, 9.17) is 27.6 Å². The smallest absolute Gasteiger partial charge is 0.227 e. The van der Waals surface area contributed by atoms with Gasteiger partial charge in [-0.15, -0.1) is 0 Å². The molecule has 5 nitrogen and oxygen atoms in total. The lowest BCUT2D eigenvalue weighted by atomic mass is 10.1. The summed E-state index contributed by atoms with van der Waals surface area (Å²) in [4.78, 5) is 29.3. The Labute approximate surface area is 153 Å². The maximum Gasteiger partial charge on any atom is 0.227 e. The number of aromatic nitrogens is 1. The van der Waals surface area contributed by atoms with Crippen LogP contribution in [0.25, 0.3) is 22.6 Å². The van der Waals surface area contributed by atoms with E-state index in [-0.39, 0.29) is 12.3 Å². The quantitative estimate of drug-likeness (QED) is 0.642. The average molecular weight is 375 g/mol. The van der Waals surface area contributed by atoms with Crippen LogP contribution in [0.1, 0.15) is 6.42 Å². The van der Waals surface area contributed by atoms with E-state index in [0.717, 1.165) is 5.56 Å². The van der Waals surface area contributed by atoms with Crippen LogP contribution in [-0.2, 0) is 9.59 Å². The van der Waals surface area contributed by atoms with Gasteiger partial charge in [0.15, 0.2) is 5.58 Å². The first-order valence-electron chi connectivity index (χ1n) is 7.67. The molecule has 4 rings (SSSR count). The van der Waals surface area contributed by atoms with Crippen LogP contribution in [0.3, 0.4) is 0 Å². The van der Waals surface area contributed by atoms with Crippen molar-refractivity contribution < 1.29 is 14.0 Å². The van der Waals surface area contributed by atoms with E-state index in [1.807, 2.05) is 12.1 Å². The van der Waals surface area contributed by atoms with E-state index in [9.17, 15) is 9.59 Å². The van der Waals surface area contributed by atoms with Gasteiger partial charge in [-0.2, -0.15) is 0 Å². The van der Waals surface area contributed by atoms with Crippen LogP contribution in [-0.4, -0.2) is 22.7 Å². The first-order chi connectivity index (χ1) is 12.0. The van der Waals surface area contributed by atoms with Crippen LogP contribution in [0, 0.1) is 5.92 Å². The number of amides is 1. The molecule has 2 heterocycles. The Morgan fingerprint density at radius 1 is 1.20 bits per heavy atom. The van der Waals surface area contributed by atoms with Crippen molar-refractivity contribution >= 4 is 51.1 Å². The number of carbonyl (C=O) groups excluding carboxylic acids is 2. The van der Waals surface area contributed by atoms with Gasteiger partial charge in [-0.25, -0.2) is 4.98 Å². The van der Waals surface area contributed by atoms with Crippen molar-refractivity contribution in [2.75, 3.05) is 11.4 Å². The van der Waals surface area contributed by atoms with Crippen LogP contribution < -0.4 is 4.90 Å². The lowest BCUT2D eigenvalue weighted by molar-refractivity contribution is -0.120. The molecule has 0 bridgehead atoms. The minimum Gasteiger partial charge on any atom is -0.436 e. The Kier molecular flexibility index (Phi) is 3.98. The summed E-state index contributed by atoms with van der Waals surface area (Å²) in [5.41, 5.74) is 2.84. The van der Waals surface area contributed by atoms with Crippen molar-refractivity contribution in [2.45, 2.75) is 6.42 Å². The fraction of sp³-hybridized carbons (Fsp3) is 0.167. The van der Waals surface area contributed by atoms with E-state index < -0.39 is 11.2 Å². The highest BCUT2D eigenvalue weighted by Gasteiger charge is 2.34. The molecular formula is C18H12Cl2N2O3. The molecule has 25 heavy (non-hydrogen) atoms. The summed E-state index contributed by atoms with van der Waals surface area (Å²) in [5, 5.41) is 0.122. The predicted molar refractivity (Wildman–Crippen MR) is 95.8 cm³/mol. The fourth-order valence-corrected chi connectivity index (χ4v) is 3.23. The van der Waals surface area contributed by atoms with Crippen LogP contribution in [0.4, 0.5) is 5.69 Å². The number of carbonyl (C=O) groups is 2. The summed E-state index contributed by atoms with van der Waals surface area (Å²) in [6, 6.07) is 12.5. The topological polar surface area (TPSA) is 63.4 Å². The van der Waals surface area contributed by atoms with E-state index >= 15 is 0 Å². The molecule has 1 saturated heterocycles. The number of nitrogens with zero attached hydrogens (tertiary/aromatic N) is 2. The number of oxazole rings is 1. The third kappa shape index (κ3) is 3.01. The molecule has 0 spiro atoms. The maximum absolute atomic E-state index is 12.1. The van der Waals surface area contributed by atoms with Gasteiger partial charge < -0.3 is 9.32 Å². The van der Waals surface area contributed by atoms with Crippen LogP contribution in [0.15, 0.2) is 46.9 Å². The van der Waals surface area contributed by atoms with E-state index in [0.29, 0.717) is 34.2 Å². The van der Waals surface area contributed by atoms with E-state index in [2.05, 4.69) is 4.98 Å². The summed E-state index contributed by atoms with van der Waals surface area (Å²) in [5.74, 6) is -0.0794. The van der Waals surface area contributed by atoms with Gasteiger partial charge in [-0.05, 0) is 54.1 Å². The monoisotopic (exact) mass is 374 g/mol. The Hall–Kier alpha value is -2.37. The van der Waals surface area contributed by atoms with Crippen LogP contribution >= 0.6 is 23.2 Å². The number of benzene rings is 2. The lowest BCUT2D eigenvalue weighted by Gasteiger charge is -2.16. The Bertz CT molecular complexity index is 982. The van der Waals surface area contributed by atoms with Crippen LogP contribution in [0.2, 0.25) is 5.02 Å². The molecule has 3 aromatic rings. The first-order valence-corrected chi connectivity index (χ1v) is 8.43. The molecule has 1 aliphatic rings. The van der Waals surface area contributed by atoms with Gasteiger partial charge >= 0.3 is 0 Å². The SMILES string of the molecule is O=C(Cl)[C@@H]1CC(=O)N(c2ccc(-c3nc4cc(Cl)ccc4o3)cc2)C1. The second-order valence-electron chi connectivity index (χ2n) is 5.89. The Balaban J connectivity index is 1.61. The van der Waals surface area contributed by atoms with Gasteiger partial charge in [-0.3, -0.25) is 9.59 Å². The van der Waals surface area contributed by atoms with E-state index in [1.54, 1.807) is 35.2 Å². The molecule has 126 valence electrons. The van der Waals surface area contributed by atoms with Gasteiger partial charge in [-0.1, -0.05) is 11.6 Å². The molecule has 1 aliphatic heterocycles. The van der Waals surface area contributed by atoms with Crippen molar-refractivity contribution in [1.82, 2.24) is 4.98 Å². The summed E-state index contributed by atoms with van der Waals surface area (Å²) in [6.45, 7) is 0.307. The second-order valence-corrected chi connectivity index (χ2v) is 6.70. The van der Waals surface area contributed by atoms with Gasteiger partial charge in [0.05, 0.1) is 5.92 Å². The minimum atomic E-state index is -0.474. The molecule has 0 aliphatic carbocycles. The van der Waals surface area contributed by atoms with Gasteiger partial charge in [0.2, 0.25) is 17.0 Å². The zero-order valence-corrected chi connectivity index (χ0v) is 14.4. The lowest BCUT2D eigenvalue weighted by Crippen LogP contribution is -2.25. The number of fused-ring (bicyclic) bond motifs is 1. The Morgan fingerprint density at radius 2 is 1.96 bits per heavy atom. The molecule has 0 unspecified atom stereocenters. The molecule has 0 saturated carbocycles. The summed E-state index contributed by atoms with van der Waals surface area (Å²) < 4.78 is 5.73. The Morgan fingerprint density at radius 3 is 2.64 bits per heavy atom. The number of rotatable bonds is 3. The maximum atomic E-state index is 12.1. The fourth-order valence-electron chi connectivity index (χ4n) is 2.92. The van der Waals surface area contributed by atoms with Crippen molar-refractivity contribution in [3.8, 4) is 11.5 Å². The molecule has 0 N–H and O–H groups in total. The third-order valence-electron chi connectivity index (χ3n) is 4.22. The molecule has 2 aromatic carbocycles. The molecule has 7 heteroatoms. The van der Waals surface area contributed by atoms with Gasteiger partial charge in [0.25, 0.3) is 0 Å². The highest BCUT2D eigenvalue weighted by Crippen LogP contribution is 2.30. The zero-order valence-electron chi connectivity index (χ0n) is 12.9. The number of hydrogen-bond acceptors (Lipinski definition) is 4. The summed E-state index contributed by atoms with van der Waals surface area (Å²) in [6.07, 6.45) is 0.149. The summed E-state index contributed by atoms with van der Waals surface area (Å²) in [7, 11) is 0. The predicted octanol–water partition coefficient (Wildman–Crippen LogP) is 4.27. The van der Waals surface area contributed by atoms with Crippen molar-refractivity contribution in [3.63, 3.8) is 0 Å². The highest BCUT2D eigenvalue weighted by molar-refractivity contribution is 6.64. The van der Waals surface area contributed by atoms with Crippen molar-refractivity contribution in [1.29, 1.82) is 0 Å². The summed E-state index contributed by atoms with van der Waals surface area (Å²) >= 11 is 11.5.